The van der Waals surface area contributed by atoms with E-state index >= 15 is 0 Å². The Hall–Kier alpha value is -2.27. The van der Waals surface area contributed by atoms with Gasteiger partial charge in [-0.1, -0.05) is 0 Å². The van der Waals surface area contributed by atoms with Crippen molar-refractivity contribution in [2.24, 2.45) is 7.05 Å². The number of aryl methyl sites for hydroxylation is 1. The van der Waals surface area contributed by atoms with Gasteiger partial charge in [-0.25, -0.2) is 0 Å². The molecule has 0 radical (unpaired) electrons. The van der Waals surface area contributed by atoms with Crippen LogP contribution < -0.4 is 5.32 Å². The number of furan rings is 1. The van der Waals surface area contributed by atoms with Crippen LogP contribution >= 0.6 is 0 Å². The van der Waals surface area contributed by atoms with Gasteiger partial charge in [0.2, 0.25) is 5.91 Å². The topological polar surface area (TPSA) is 67.4 Å². The smallest absolute Gasteiger partial charge is 0.244 e. The Kier molecular flexibility index (Phi) is 4.79. The zero-order valence-electron chi connectivity index (χ0n) is 11.3. The van der Waals surface area contributed by atoms with Crippen molar-refractivity contribution in [2.75, 3.05) is 6.54 Å². The Morgan fingerprint density at radius 1 is 1.55 bits per heavy atom. The molecule has 0 aliphatic carbocycles. The summed E-state index contributed by atoms with van der Waals surface area (Å²) >= 11 is 0. The molecule has 2 aromatic heterocycles. The SMILES string of the molecule is Cn1cccc1[C@H](O)CCNC(=O)/C=C/c1ccoc1. The van der Waals surface area contributed by atoms with E-state index < -0.39 is 6.10 Å². The van der Waals surface area contributed by atoms with Crippen LogP contribution in [-0.4, -0.2) is 22.1 Å². The number of rotatable bonds is 6. The lowest BCUT2D eigenvalue weighted by molar-refractivity contribution is -0.116. The normalized spacial score (nSPS) is 12.7. The third-order valence-electron chi connectivity index (χ3n) is 3.01. The molecule has 0 aliphatic rings. The zero-order chi connectivity index (χ0) is 14.4. The van der Waals surface area contributed by atoms with Gasteiger partial charge in [-0.3, -0.25) is 4.79 Å². The summed E-state index contributed by atoms with van der Waals surface area (Å²) in [6.45, 7) is 0.418. The van der Waals surface area contributed by atoms with E-state index in [2.05, 4.69) is 5.32 Å². The fourth-order valence-corrected chi connectivity index (χ4v) is 1.90. The number of nitrogens with zero attached hydrogens (tertiary/aromatic N) is 1. The minimum atomic E-state index is -0.576. The largest absolute Gasteiger partial charge is 0.472 e. The van der Waals surface area contributed by atoms with E-state index in [1.165, 1.54) is 6.08 Å². The Morgan fingerprint density at radius 2 is 2.40 bits per heavy atom. The van der Waals surface area contributed by atoms with E-state index in [1.807, 2.05) is 29.9 Å². The molecule has 20 heavy (non-hydrogen) atoms. The van der Waals surface area contributed by atoms with Crippen molar-refractivity contribution in [2.45, 2.75) is 12.5 Å². The van der Waals surface area contributed by atoms with Crippen LogP contribution in [0.3, 0.4) is 0 Å². The Balaban J connectivity index is 1.73. The van der Waals surface area contributed by atoms with Gasteiger partial charge in [0.1, 0.15) is 0 Å². The van der Waals surface area contributed by atoms with E-state index in [4.69, 9.17) is 4.42 Å². The second-order valence-corrected chi connectivity index (χ2v) is 4.53. The highest BCUT2D eigenvalue weighted by Gasteiger charge is 2.10. The number of aliphatic hydroxyl groups excluding tert-OH is 1. The quantitative estimate of drug-likeness (QED) is 0.790. The third-order valence-corrected chi connectivity index (χ3v) is 3.01. The fourth-order valence-electron chi connectivity index (χ4n) is 1.90. The van der Waals surface area contributed by atoms with E-state index in [1.54, 1.807) is 24.7 Å². The first-order chi connectivity index (χ1) is 9.66. The molecule has 2 heterocycles. The average molecular weight is 274 g/mol. The molecule has 1 atom stereocenters. The molecule has 0 bridgehead atoms. The number of amides is 1. The summed E-state index contributed by atoms with van der Waals surface area (Å²) in [6.07, 6.45) is 8.00. The van der Waals surface area contributed by atoms with E-state index in [0.717, 1.165) is 11.3 Å². The first-order valence-corrected chi connectivity index (χ1v) is 6.44. The summed E-state index contributed by atoms with van der Waals surface area (Å²) in [4.78, 5) is 11.6. The van der Waals surface area contributed by atoms with Crippen LogP contribution in [0.1, 0.15) is 23.8 Å². The van der Waals surface area contributed by atoms with Crippen LogP contribution in [0.15, 0.2) is 47.4 Å². The number of carbonyl (C=O) groups is 1. The van der Waals surface area contributed by atoms with Crippen LogP contribution in [0.25, 0.3) is 6.08 Å². The number of aliphatic hydroxyl groups is 1. The van der Waals surface area contributed by atoms with Gasteiger partial charge >= 0.3 is 0 Å². The summed E-state index contributed by atoms with van der Waals surface area (Å²) in [7, 11) is 1.88. The molecule has 5 heteroatoms. The fraction of sp³-hybridized carbons (Fsp3) is 0.267. The molecule has 2 aromatic rings. The maximum absolute atomic E-state index is 11.6. The highest BCUT2D eigenvalue weighted by molar-refractivity contribution is 5.91. The molecule has 0 saturated heterocycles. The highest BCUT2D eigenvalue weighted by Crippen LogP contribution is 2.15. The predicted octanol–water partition coefficient (Wildman–Crippen LogP) is 1.87. The first kappa shape index (κ1) is 14.1. The van der Waals surface area contributed by atoms with Crippen LogP contribution in [0.4, 0.5) is 0 Å². The van der Waals surface area contributed by atoms with E-state index in [0.29, 0.717) is 13.0 Å². The van der Waals surface area contributed by atoms with Crippen molar-refractivity contribution in [3.8, 4) is 0 Å². The molecule has 0 aromatic carbocycles. The summed E-state index contributed by atoms with van der Waals surface area (Å²) in [5.41, 5.74) is 1.68. The van der Waals surface area contributed by atoms with Gasteiger partial charge in [0.15, 0.2) is 0 Å². The maximum Gasteiger partial charge on any atom is 0.244 e. The van der Waals surface area contributed by atoms with Gasteiger partial charge in [-0.2, -0.15) is 0 Å². The van der Waals surface area contributed by atoms with E-state index in [-0.39, 0.29) is 5.91 Å². The van der Waals surface area contributed by atoms with Crippen molar-refractivity contribution in [1.29, 1.82) is 0 Å². The van der Waals surface area contributed by atoms with Gasteiger partial charge in [0.25, 0.3) is 0 Å². The number of hydrogen-bond donors (Lipinski definition) is 2. The standard InChI is InChI=1S/C15H18N2O3/c1-17-9-2-3-13(17)14(18)6-8-16-15(19)5-4-12-7-10-20-11-12/h2-5,7,9-11,14,18H,6,8H2,1H3,(H,16,19)/b5-4+/t14-/m1/s1. The molecule has 2 rings (SSSR count). The van der Waals surface area contributed by atoms with Crippen molar-refractivity contribution >= 4 is 12.0 Å². The van der Waals surface area contributed by atoms with E-state index in [9.17, 15) is 9.90 Å². The predicted molar refractivity (Wildman–Crippen MR) is 75.7 cm³/mol. The van der Waals surface area contributed by atoms with Crippen LogP contribution in [0.5, 0.6) is 0 Å². The minimum absolute atomic E-state index is 0.190. The van der Waals surface area contributed by atoms with Crippen LogP contribution in [-0.2, 0) is 11.8 Å². The Morgan fingerprint density at radius 3 is 3.05 bits per heavy atom. The first-order valence-electron chi connectivity index (χ1n) is 6.44. The van der Waals surface area contributed by atoms with Crippen molar-refractivity contribution in [1.82, 2.24) is 9.88 Å². The lowest BCUT2D eigenvalue weighted by atomic mass is 10.2. The monoisotopic (exact) mass is 274 g/mol. The van der Waals surface area contributed by atoms with Gasteiger partial charge in [0.05, 0.1) is 18.6 Å². The van der Waals surface area contributed by atoms with Gasteiger partial charge in [-0.05, 0) is 30.7 Å². The number of aromatic nitrogens is 1. The van der Waals surface area contributed by atoms with Gasteiger partial charge in [0, 0.05) is 37.1 Å². The molecule has 0 aliphatic heterocycles. The molecule has 0 fully saturated rings. The van der Waals surface area contributed by atoms with Crippen LogP contribution in [0.2, 0.25) is 0 Å². The summed E-state index contributed by atoms with van der Waals surface area (Å²) in [5, 5.41) is 12.7. The summed E-state index contributed by atoms with van der Waals surface area (Å²) < 4.78 is 6.76. The summed E-state index contributed by atoms with van der Waals surface area (Å²) in [6, 6.07) is 5.51. The van der Waals surface area contributed by atoms with Crippen molar-refractivity contribution in [3.63, 3.8) is 0 Å². The highest BCUT2D eigenvalue weighted by atomic mass is 16.3. The lowest BCUT2D eigenvalue weighted by Gasteiger charge is -2.11. The molecule has 5 nitrogen and oxygen atoms in total. The Labute approximate surface area is 117 Å². The third kappa shape index (κ3) is 3.86. The maximum atomic E-state index is 11.6. The number of nitrogens with one attached hydrogen (secondary N) is 1. The molecule has 2 N–H and O–H groups in total. The van der Waals surface area contributed by atoms with Gasteiger partial charge in [-0.15, -0.1) is 0 Å². The second-order valence-electron chi connectivity index (χ2n) is 4.53. The molecule has 0 unspecified atom stereocenters. The minimum Gasteiger partial charge on any atom is -0.472 e. The molecule has 106 valence electrons. The molecule has 0 saturated carbocycles. The number of carbonyl (C=O) groups excluding carboxylic acids is 1. The number of hydrogen-bond acceptors (Lipinski definition) is 3. The zero-order valence-corrected chi connectivity index (χ0v) is 11.3. The average Bonchev–Trinajstić information content (AvgIpc) is 3.07. The van der Waals surface area contributed by atoms with Crippen molar-refractivity contribution < 1.29 is 14.3 Å². The summed E-state index contributed by atoms with van der Waals surface area (Å²) in [5.74, 6) is -0.190. The van der Waals surface area contributed by atoms with Crippen molar-refractivity contribution in [3.05, 3.63) is 54.3 Å². The second kappa shape index (κ2) is 6.77. The Bertz CT molecular complexity index is 570. The van der Waals surface area contributed by atoms with Crippen LogP contribution in [0, 0.1) is 0 Å². The lowest BCUT2D eigenvalue weighted by Crippen LogP contribution is -2.23. The molecule has 1 amide bonds. The molecular weight excluding hydrogens is 256 g/mol. The van der Waals surface area contributed by atoms with Gasteiger partial charge < -0.3 is 19.4 Å². The molecular formula is C15H18N2O3. The molecule has 0 spiro atoms.